The van der Waals surface area contributed by atoms with Gasteiger partial charge in [0.15, 0.2) is 5.82 Å². The van der Waals surface area contributed by atoms with Crippen molar-refractivity contribution >= 4 is 15.9 Å². The molecule has 0 spiro atoms. The highest BCUT2D eigenvalue weighted by atomic mass is 32.2. The van der Waals surface area contributed by atoms with Gasteiger partial charge in [-0.3, -0.25) is 9.48 Å². The lowest BCUT2D eigenvalue weighted by molar-refractivity contribution is 0.0971. The first-order valence-corrected chi connectivity index (χ1v) is 9.90. The minimum absolute atomic E-state index is 0.116. The van der Waals surface area contributed by atoms with Crippen LogP contribution in [0, 0.1) is 6.92 Å². The third kappa shape index (κ3) is 3.35. The molecule has 0 bridgehead atoms. The number of pyridine rings is 1. The summed E-state index contributed by atoms with van der Waals surface area (Å²) >= 11 is 0. The second-order valence-electron chi connectivity index (χ2n) is 6.59. The molecule has 1 aliphatic rings. The maximum absolute atomic E-state index is 12.6. The molecule has 0 unspecified atom stereocenters. The first kappa shape index (κ1) is 17.4. The Hall–Kier alpha value is -3.01. The van der Waals surface area contributed by atoms with Crippen molar-refractivity contribution in [2.45, 2.75) is 30.6 Å². The Balaban J connectivity index is 1.59. The van der Waals surface area contributed by atoms with E-state index >= 15 is 0 Å². The predicted octanol–water partition coefficient (Wildman–Crippen LogP) is 1.31. The van der Waals surface area contributed by atoms with Gasteiger partial charge in [0.1, 0.15) is 10.6 Å². The molecule has 4 rings (SSSR count). The van der Waals surface area contributed by atoms with Crippen molar-refractivity contribution in [1.82, 2.24) is 29.3 Å². The summed E-state index contributed by atoms with van der Waals surface area (Å²) in [6.45, 7) is 1.90. The minimum Gasteiger partial charge on any atom is -0.266 e. The number of aryl methyl sites for hydroxylation is 2. The Bertz CT molecular complexity index is 1130. The van der Waals surface area contributed by atoms with Gasteiger partial charge < -0.3 is 0 Å². The molecule has 27 heavy (non-hydrogen) atoms. The van der Waals surface area contributed by atoms with Gasteiger partial charge in [0.2, 0.25) is 0 Å². The van der Waals surface area contributed by atoms with Crippen LogP contribution in [0.5, 0.6) is 0 Å². The lowest BCUT2D eigenvalue weighted by atomic mass is 10.1. The van der Waals surface area contributed by atoms with Gasteiger partial charge in [0, 0.05) is 18.8 Å². The zero-order valence-electron chi connectivity index (χ0n) is 14.8. The number of hydrogen-bond acceptors (Lipinski definition) is 6. The van der Waals surface area contributed by atoms with Crippen LogP contribution in [0.1, 0.15) is 40.4 Å². The summed E-state index contributed by atoms with van der Waals surface area (Å²) in [6.07, 6.45) is 7.71. The number of sulfonamides is 1. The average Bonchev–Trinajstić information content (AvgIpc) is 3.17. The molecule has 0 aromatic carbocycles. The number of carbonyl (C=O) groups is 1. The maximum Gasteiger partial charge on any atom is 0.283 e. The Morgan fingerprint density at radius 2 is 2.04 bits per heavy atom. The molecule has 10 heteroatoms. The first-order chi connectivity index (χ1) is 12.8. The van der Waals surface area contributed by atoms with Crippen LogP contribution in [0.3, 0.4) is 0 Å². The highest BCUT2D eigenvalue weighted by Crippen LogP contribution is 2.41. The van der Waals surface area contributed by atoms with Gasteiger partial charge in [-0.1, -0.05) is 0 Å². The minimum atomic E-state index is -4.07. The van der Waals surface area contributed by atoms with Crippen LogP contribution in [0.15, 0.2) is 41.8 Å². The Kier molecular flexibility index (Phi) is 4.06. The third-order valence-electron chi connectivity index (χ3n) is 4.43. The highest BCUT2D eigenvalue weighted by molar-refractivity contribution is 7.90. The van der Waals surface area contributed by atoms with E-state index in [1.54, 1.807) is 25.5 Å². The molecule has 140 valence electrons. The van der Waals surface area contributed by atoms with E-state index in [0.29, 0.717) is 5.82 Å². The van der Waals surface area contributed by atoms with Gasteiger partial charge in [0.25, 0.3) is 15.9 Å². The van der Waals surface area contributed by atoms with Crippen LogP contribution in [0.4, 0.5) is 0 Å². The second-order valence-corrected chi connectivity index (χ2v) is 8.28. The van der Waals surface area contributed by atoms with E-state index in [2.05, 4.69) is 19.9 Å². The molecule has 0 saturated heterocycles. The molecule has 0 radical (unpaired) electrons. The van der Waals surface area contributed by atoms with Gasteiger partial charge >= 0.3 is 0 Å². The lowest BCUT2D eigenvalue weighted by Crippen LogP contribution is -2.32. The van der Waals surface area contributed by atoms with E-state index in [4.69, 9.17) is 0 Å². The van der Waals surface area contributed by atoms with Crippen molar-refractivity contribution < 1.29 is 13.2 Å². The van der Waals surface area contributed by atoms with Crippen LogP contribution in [-0.4, -0.2) is 38.9 Å². The number of aromatic nitrogens is 5. The fourth-order valence-corrected chi connectivity index (χ4v) is 3.75. The monoisotopic (exact) mass is 386 g/mol. The fourth-order valence-electron chi connectivity index (χ4n) is 2.87. The second kappa shape index (κ2) is 6.31. The van der Waals surface area contributed by atoms with Gasteiger partial charge in [0.05, 0.1) is 18.6 Å². The van der Waals surface area contributed by atoms with Gasteiger partial charge in [-0.2, -0.15) is 10.2 Å². The van der Waals surface area contributed by atoms with E-state index in [-0.39, 0.29) is 16.5 Å². The number of nitrogens with one attached hydrogen (secondary N) is 1. The number of rotatable bonds is 5. The van der Waals surface area contributed by atoms with Gasteiger partial charge in [-0.15, -0.1) is 0 Å². The van der Waals surface area contributed by atoms with Crippen LogP contribution in [-0.2, 0) is 17.1 Å². The molecule has 9 nitrogen and oxygen atoms in total. The summed E-state index contributed by atoms with van der Waals surface area (Å²) in [5, 5.41) is 8.13. The first-order valence-electron chi connectivity index (χ1n) is 8.42. The van der Waals surface area contributed by atoms with E-state index in [1.165, 1.54) is 21.8 Å². The fraction of sp³-hybridized carbons (Fsp3) is 0.294. The highest BCUT2D eigenvalue weighted by Gasteiger charge is 2.32. The summed E-state index contributed by atoms with van der Waals surface area (Å²) in [6, 6.07) is 3.61. The smallest absolute Gasteiger partial charge is 0.266 e. The molecule has 1 N–H and O–H groups in total. The lowest BCUT2D eigenvalue weighted by Gasteiger charge is -2.07. The molecule has 3 heterocycles. The van der Waals surface area contributed by atoms with Crippen LogP contribution in [0.2, 0.25) is 0 Å². The number of amides is 1. The van der Waals surface area contributed by atoms with E-state index in [9.17, 15) is 13.2 Å². The predicted molar refractivity (Wildman–Crippen MR) is 95.9 cm³/mol. The largest absolute Gasteiger partial charge is 0.283 e. The normalized spacial score (nSPS) is 14.3. The zero-order valence-corrected chi connectivity index (χ0v) is 15.6. The van der Waals surface area contributed by atoms with E-state index in [1.807, 2.05) is 13.0 Å². The van der Waals surface area contributed by atoms with E-state index < -0.39 is 15.9 Å². The molecule has 1 aliphatic carbocycles. The third-order valence-corrected chi connectivity index (χ3v) is 5.72. The Morgan fingerprint density at radius 3 is 2.74 bits per heavy atom. The van der Waals surface area contributed by atoms with Crippen molar-refractivity contribution in [3.05, 3.63) is 53.7 Å². The van der Waals surface area contributed by atoms with Crippen molar-refractivity contribution in [3.8, 4) is 5.82 Å². The topological polar surface area (TPSA) is 112 Å². The zero-order chi connectivity index (χ0) is 19.2. The van der Waals surface area contributed by atoms with Crippen LogP contribution < -0.4 is 4.72 Å². The van der Waals surface area contributed by atoms with Gasteiger partial charge in [-0.05, 0) is 43.4 Å². The molecule has 3 aromatic rings. The Morgan fingerprint density at radius 1 is 1.26 bits per heavy atom. The summed E-state index contributed by atoms with van der Waals surface area (Å²) in [7, 11) is -2.45. The van der Waals surface area contributed by atoms with Crippen molar-refractivity contribution in [3.63, 3.8) is 0 Å². The van der Waals surface area contributed by atoms with Crippen molar-refractivity contribution in [2.75, 3.05) is 0 Å². The summed E-state index contributed by atoms with van der Waals surface area (Å²) in [5.74, 6) is 0.0704. The van der Waals surface area contributed by atoms with Crippen LogP contribution >= 0.6 is 0 Å². The van der Waals surface area contributed by atoms with E-state index in [0.717, 1.165) is 24.0 Å². The number of carbonyl (C=O) groups excluding carboxylic acids is 1. The quantitative estimate of drug-likeness (QED) is 0.707. The number of hydrogen-bond donors (Lipinski definition) is 1. The van der Waals surface area contributed by atoms with Gasteiger partial charge in [-0.25, -0.2) is 22.8 Å². The molecule has 1 amide bonds. The summed E-state index contributed by atoms with van der Waals surface area (Å²) in [4.78, 5) is 16.6. The summed E-state index contributed by atoms with van der Waals surface area (Å²) in [5.41, 5.74) is 2.02. The maximum atomic E-state index is 12.6. The van der Waals surface area contributed by atoms with Crippen LogP contribution in [0.25, 0.3) is 5.82 Å². The molecule has 0 atom stereocenters. The standard InChI is InChI=1S/C17H18N6O3S/c1-11-5-6-18-15(7-11)23-10-13(8-20-23)27(25,26)21-17(24)16-14(12-3-4-12)9-19-22(16)2/h5-10,12H,3-4H2,1-2H3,(H,21,24). The van der Waals surface area contributed by atoms with Crippen molar-refractivity contribution in [2.24, 2.45) is 7.05 Å². The molecule has 3 aromatic heterocycles. The molecular formula is C17H18N6O3S. The average molecular weight is 386 g/mol. The molecule has 1 fully saturated rings. The summed E-state index contributed by atoms with van der Waals surface area (Å²) < 4.78 is 30.1. The molecule has 1 saturated carbocycles. The van der Waals surface area contributed by atoms with Crippen molar-refractivity contribution in [1.29, 1.82) is 0 Å². The SMILES string of the molecule is Cc1ccnc(-n2cc(S(=O)(=O)NC(=O)c3c(C4CC4)cnn3C)cn2)c1. The molecule has 0 aliphatic heterocycles. The Labute approximate surface area is 156 Å². The number of nitrogens with zero attached hydrogens (tertiary/aromatic N) is 5. The molecular weight excluding hydrogens is 368 g/mol.